The summed E-state index contributed by atoms with van der Waals surface area (Å²) >= 11 is 0. The van der Waals surface area contributed by atoms with E-state index in [2.05, 4.69) is 32.9 Å². The van der Waals surface area contributed by atoms with Crippen molar-refractivity contribution in [3.63, 3.8) is 0 Å². The lowest BCUT2D eigenvalue weighted by molar-refractivity contribution is 0.589. The van der Waals surface area contributed by atoms with Crippen LogP contribution in [0.2, 0.25) is 0 Å². The fourth-order valence-corrected chi connectivity index (χ4v) is 3.06. The summed E-state index contributed by atoms with van der Waals surface area (Å²) in [4.78, 5) is 0.870. The molecule has 0 bridgehead atoms. The van der Waals surface area contributed by atoms with Crippen LogP contribution in [0.4, 0.5) is 5.69 Å². The summed E-state index contributed by atoms with van der Waals surface area (Å²) in [7, 11) is -1.02. The standard InChI is InChI=1S/C17H21NOS/c1-17(2,3)14-6-10-16(11-7-14)20(19)12-13-4-8-15(18)9-5-13/h4-11H,12,18H2,1-3H3. The van der Waals surface area contributed by atoms with Gasteiger partial charge in [-0.25, -0.2) is 0 Å². The number of hydrogen-bond acceptors (Lipinski definition) is 2. The molecule has 2 aromatic carbocycles. The molecule has 0 saturated carbocycles. The molecule has 20 heavy (non-hydrogen) atoms. The van der Waals surface area contributed by atoms with E-state index >= 15 is 0 Å². The summed E-state index contributed by atoms with van der Waals surface area (Å²) in [5, 5.41) is 0. The molecule has 0 aliphatic rings. The highest BCUT2D eigenvalue weighted by atomic mass is 32.2. The molecule has 0 heterocycles. The molecule has 0 aliphatic heterocycles. The van der Waals surface area contributed by atoms with E-state index in [9.17, 15) is 4.21 Å². The van der Waals surface area contributed by atoms with Gasteiger partial charge >= 0.3 is 0 Å². The van der Waals surface area contributed by atoms with Crippen LogP contribution < -0.4 is 5.73 Å². The number of nitrogens with two attached hydrogens (primary N) is 1. The molecule has 0 radical (unpaired) electrons. The first-order valence-corrected chi connectivity index (χ1v) is 8.01. The fourth-order valence-electron chi connectivity index (χ4n) is 1.96. The zero-order valence-electron chi connectivity index (χ0n) is 12.2. The van der Waals surface area contributed by atoms with Crippen LogP contribution in [-0.4, -0.2) is 4.21 Å². The lowest BCUT2D eigenvalue weighted by Crippen LogP contribution is -2.10. The molecule has 0 amide bonds. The van der Waals surface area contributed by atoms with Crippen LogP contribution in [0.1, 0.15) is 31.9 Å². The van der Waals surface area contributed by atoms with Gasteiger partial charge in [-0.15, -0.1) is 0 Å². The molecular formula is C17H21NOS. The number of benzene rings is 2. The van der Waals surface area contributed by atoms with Crippen molar-refractivity contribution < 1.29 is 4.21 Å². The van der Waals surface area contributed by atoms with Gasteiger partial charge in [0, 0.05) is 10.6 Å². The molecule has 2 N–H and O–H groups in total. The van der Waals surface area contributed by atoms with Gasteiger partial charge in [0.25, 0.3) is 0 Å². The molecule has 3 heteroatoms. The molecule has 0 aliphatic carbocycles. The Labute approximate surface area is 123 Å². The topological polar surface area (TPSA) is 43.1 Å². The van der Waals surface area contributed by atoms with E-state index in [-0.39, 0.29) is 5.41 Å². The second-order valence-corrected chi connectivity index (χ2v) is 7.46. The highest BCUT2D eigenvalue weighted by Crippen LogP contribution is 2.23. The third kappa shape index (κ3) is 3.70. The lowest BCUT2D eigenvalue weighted by atomic mass is 9.87. The molecule has 0 fully saturated rings. The number of rotatable bonds is 3. The zero-order valence-corrected chi connectivity index (χ0v) is 13.0. The van der Waals surface area contributed by atoms with Crippen molar-refractivity contribution in [3.8, 4) is 0 Å². The predicted octanol–water partition coefficient (Wildman–Crippen LogP) is 3.87. The average Bonchev–Trinajstić information content (AvgIpc) is 2.40. The van der Waals surface area contributed by atoms with Gasteiger partial charge in [0.2, 0.25) is 0 Å². The Morgan fingerprint density at radius 3 is 2.00 bits per heavy atom. The van der Waals surface area contributed by atoms with Gasteiger partial charge in [-0.1, -0.05) is 45.0 Å². The molecule has 2 rings (SSSR count). The van der Waals surface area contributed by atoms with Gasteiger partial charge in [-0.05, 0) is 40.8 Å². The Hall–Kier alpha value is -1.61. The van der Waals surface area contributed by atoms with Crippen molar-refractivity contribution in [2.24, 2.45) is 0 Å². The Bertz CT molecular complexity index is 594. The van der Waals surface area contributed by atoms with Gasteiger partial charge in [-0.2, -0.15) is 0 Å². The van der Waals surface area contributed by atoms with Gasteiger partial charge in [0.1, 0.15) is 0 Å². The Kier molecular flexibility index (Phi) is 4.29. The minimum Gasteiger partial charge on any atom is -0.399 e. The number of hydrogen-bond donors (Lipinski definition) is 1. The first kappa shape index (κ1) is 14.8. The number of nitrogen functional groups attached to an aromatic ring is 1. The van der Waals surface area contributed by atoms with E-state index in [1.165, 1.54) is 5.56 Å². The van der Waals surface area contributed by atoms with E-state index in [1.807, 2.05) is 36.4 Å². The quantitative estimate of drug-likeness (QED) is 0.871. The normalized spacial score (nSPS) is 13.2. The van der Waals surface area contributed by atoms with Gasteiger partial charge in [0.05, 0.1) is 16.6 Å². The molecule has 0 aromatic heterocycles. The highest BCUT2D eigenvalue weighted by molar-refractivity contribution is 7.84. The number of anilines is 1. The zero-order chi connectivity index (χ0) is 14.8. The highest BCUT2D eigenvalue weighted by Gasteiger charge is 2.14. The van der Waals surface area contributed by atoms with Crippen LogP contribution >= 0.6 is 0 Å². The molecule has 2 aromatic rings. The Balaban J connectivity index is 2.11. The lowest BCUT2D eigenvalue weighted by Gasteiger charge is -2.19. The molecule has 0 saturated heterocycles. The summed E-state index contributed by atoms with van der Waals surface area (Å²) in [6, 6.07) is 15.6. The van der Waals surface area contributed by atoms with Crippen LogP contribution in [0.5, 0.6) is 0 Å². The van der Waals surface area contributed by atoms with Crippen LogP contribution in [0.15, 0.2) is 53.4 Å². The molecule has 2 nitrogen and oxygen atoms in total. The minimum absolute atomic E-state index is 0.122. The SMILES string of the molecule is CC(C)(C)c1ccc(S(=O)Cc2ccc(N)cc2)cc1. The third-order valence-electron chi connectivity index (χ3n) is 3.26. The third-order valence-corrected chi connectivity index (χ3v) is 4.65. The summed E-state index contributed by atoms with van der Waals surface area (Å²) in [6.07, 6.45) is 0. The second-order valence-electron chi connectivity index (χ2n) is 6.01. The van der Waals surface area contributed by atoms with Crippen LogP contribution in [0.25, 0.3) is 0 Å². The van der Waals surface area contributed by atoms with E-state index < -0.39 is 10.8 Å². The van der Waals surface area contributed by atoms with Crippen molar-refractivity contribution >= 4 is 16.5 Å². The first-order valence-electron chi connectivity index (χ1n) is 6.69. The smallest absolute Gasteiger partial charge is 0.0574 e. The van der Waals surface area contributed by atoms with Crippen molar-refractivity contribution in [1.29, 1.82) is 0 Å². The van der Waals surface area contributed by atoms with Gasteiger partial charge in [-0.3, -0.25) is 4.21 Å². The van der Waals surface area contributed by atoms with Crippen molar-refractivity contribution in [2.75, 3.05) is 5.73 Å². The minimum atomic E-state index is -1.02. The predicted molar refractivity (Wildman–Crippen MR) is 86.1 cm³/mol. The van der Waals surface area contributed by atoms with Crippen LogP contribution in [0.3, 0.4) is 0 Å². The maximum absolute atomic E-state index is 12.3. The van der Waals surface area contributed by atoms with Crippen molar-refractivity contribution in [3.05, 3.63) is 59.7 Å². The molecular weight excluding hydrogens is 266 g/mol. The first-order chi connectivity index (χ1) is 9.36. The fraction of sp³-hybridized carbons (Fsp3) is 0.294. The van der Waals surface area contributed by atoms with Crippen LogP contribution in [0, 0.1) is 0 Å². The van der Waals surface area contributed by atoms with E-state index in [0.29, 0.717) is 5.75 Å². The average molecular weight is 287 g/mol. The van der Waals surface area contributed by atoms with E-state index in [0.717, 1.165) is 16.1 Å². The van der Waals surface area contributed by atoms with Crippen molar-refractivity contribution in [1.82, 2.24) is 0 Å². The van der Waals surface area contributed by atoms with E-state index in [1.54, 1.807) is 0 Å². The molecule has 1 atom stereocenters. The maximum Gasteiger partial charge on any atom is 0.0574 e. The Morgan fingerprint density at radius 1 is 0.950 bits per heavy atom. The summed E-state index contributed by atoms with van der Waals surface area (Å²) < 4.78 is 12.3. The molecule has 1 unspecified atom stereocenters. The maximum atomic E-state index is 12.3. The monoisotopic (exact) mass is 287 g/mol. The van der Waals surface area contributed by atoms with Gasteiger partial charge < -0.3 is 5.73 Å². The summed E-state index contributed by atoms with van der Waals surface area (Å²) in [5.41, 5.74) is 8.80. The summed E-state index contributed by atoms with van der Waals surface area (Å²) in [5.74, 6) is 0.523. The van der Waals surface area contributed by atoms with E-state index in [4.69, 9.17) is 5.73 Å². The largest absolute Gasteiger partial charge is 0.399 e. The molecule has 106 valence electrons. The molecule has 0 spiro atoms. The second kappa shape index (κ2) is 5.80. The Morgan fingerprint density at radius 2 is 1.50 bits per heavy atom. The van der Waals surface area contributed by atoms with Crippen molar-refractivity contribution in [2.45, 2.75) is 36.8 Å². The summed E-state index contributed by atoms with van der Waals surface area (Å²) in [6.45, 7) is 6.52. The van der Waals surface area contributed by atoms with Crippen LogP contribution in [-0.2, 0) is 22.0 Å². The van der Waals surface area contributed by atoms with Gasteiger partial charge in [0.15, 0.2) is 0 Å².